The number of hydrogen-bond acceptors (Lipinski definition) is 1. The van der Waals surface area contributed by atoms with Gasteiger partial charge in [-0.1, -0.05) is 35.3 Å². The molecule has 24 heavy (non-hydrogen) atoms. The number of urea groups is 1. The van der Waals surface area contributed by atoms with Gasteiger partial charge in [-0.15, -0.1) is 0 Å². The molecule has 0 atom stereocenters. The average molecular weight is 377 g/mol. The minimum Gasteiger partial charge on any atom is -0.338 e. The molecular formula is C16H13Cl2F3N2O. The van der Waals surface area contributed by atoms with E-state index in [0.29, 0.717) is 18.0 Å². The molecule has 0 saturated heterocycles. The van der Waals surface area contributed by atoms with Crippen LogP contribution < -0.4 is 10.6 Å². The van der Waals surface area contributed by atoms with Crippen LogP contribution in [0.4, 0.5) is 23.7 Å². The van der Waals surface area contributed by atoms with Crippen molar-refractivity contribution < 1.29 is 18.0 Å². The van der Waals surface area contributed by atoms with E-state index in [2.05, 4.69) is 10.6 Å². The maximum atomic E-state index is 12.8. The van der Waals surface area contributed by atoms with Gasteiger partial charge in [0.05, 0.1) is 10.6 Å². The number of halogens is 5. The Labute approximate surface area is 146 Å². The first-order chi connectivity index (χ1) is 11.3. The molecule has 2 N–H and O–H groups in total. The summed E-state index contributed by atoms with van der Waals surface area (Å²) in [6.07, 6.45) is -4.02. The van der Waals surface area contributed by atoms with Gasteiger partial charge in [0.1, 0.15) is 0 Å². The molecule has 0 spiro atoms. The van der Waals surface area contributed by atoms with E-state index >= 15 is 0 Å². The largest absolute Gasteiger partial charge is 0.417 e. The normalized spacial score (nSPS) is 11.2. The molecule has 2 rings (SSSR count). The summed E-state index contributed by atoms with van der Waals surface area (Å²) in [5, 5.41) is 5.12. The summed E-state index contributed by atoms with van der Waals surface area (Å²) in [7, 11) is 0. The van der Waals surface area contributed by atoms with Crippen molar-refractivity contribution in [2.75, 3.05) is 11.9 Å². The fourth-order valence-electron chi connectivity index (χ4n) is 1.97. The van der Waals surface area contributed by atoms with Gasteiger partial charge in [0, 0.05) is 17.3 Å². The predicted octanol–water partition coefficient (Wildman–Crippen LogP) is 5.38. The second kappa shape index (κ2) is 7.77. The van der Waals surface area contributed by atoms with E-state index in [1.807, 2.05) is 12.1 Å². The van der Waals surface area contributed by atoms with Crippen molar-refractivity contribution in [3.8, 4) is 0 Å². The standard InChI is InChI=1S/C16H13Cl2F3N2O/c17-11-3-1-10(2-4-11)7-8-22-15(24)23-12-5-6-14(18)13(9-12)16(19,20)21/h1-6,9H,7-8H2,(H2,22,23,24). The van der Waals surface area contributed by atoms with E-state index in [0.717, 1.165) is 17.7 Å². The minimum absolute atomic E-state index is 0.00992. The van der Waals surface area contributed by atoms with Gasteiger partial charge in [-0.05, 0) is 42.3 Å². The van der Waals surface area contributed by atoms with E-state index < -0.39 is 22.8 Å². The number of carbonyl (C=O) groups is 1. The SMILES string of the molecule is O=C(NCCc1ccc(Cl)cc1)Nc1ccc(Cl)c(C(F)(F)F)c1. The van der Waals surface area contributed by atoms with Gasteiger partial charge in [-0.2, -0.15) is 13.2 Å². The fourth-order valence-corrected chi connectivity index (χ4v) is 2.32. The second-order valence-corrected chi connectivity index (χ2v) is 5.79. The summed E-state index contributed by atoms with van der Waals surface area (Å²) < 4.78 is 38.3. The molecule has 2 aromatic rings. The fraction of sp³-hybridized carbons (Fsp3) is 0.188. The lowest BCUT2D eigenvalue weighted by molar-refractivity contribution is -0.137. The van der Waals surface area contributed by atoms with Crippen LogP contribution in [0.2, 0.25) is 10.0 Å². The Morgan fingerprint density at radius 2 is 1.71 bits per heavy atom. The van der Waals surface area contributed by atoms with Crippen molar-refractivity contribution in [2.24, 2.45) is 0 Å². The summed E-state index contributed by atoms with van der Waals surface area (Å²) in [6, 6.07) is 9.73. The van der Waals surface area contributed by atoms with Crippen molar-refractivity contribution in [3.05, 3.63) is 63.6 Å². The summed E-state index contributed by atoms with van der Waals surface area (Å²) in [5.41, 5.74) is -0.00982. The first-order valence-corrected chi connectivity index (χ1v) is 7.67. The number of rotatable bonds is 4. The maximum absolute atomic E-state index is 12.8. The van der Waals surface area contributed by atoms with Gasteiger partial charge < -0.3 is 10.6 Å². The van der Waals surface area contributed by atoms with Gasteiger partial charge in [-0.3, -0.25) is 0 Å². The molecule has 0 aliphatic heterocycles. The lowest BCUT2D eigenvalue weighted by Gasteiger charge is -2.12. The molecule has 2 amide bonds. The third-order valence-electron chi connectivity index (χ3n) is 3.14. The average Bonchev–Trinajstić information content (AvgIpc) is 2.50. The first kappa shape index (κ1) is 18.4. The quantitative estimate of drug-likeness (QED) is 0.739. The zero-order chi connectivity index (χ0) is 17.7. The van der Waals surface area contributed by atoms with Crippen LogP contribution in [0.3, 0.4) is 0 Å². The van der Waals surface area contributed by atoms with Crippen LogP contribution in [0.5, 0.6) is 0 Å². The van der Waals surface area contributed by atoms with Crippen molar-refractivity contribution in [2.45, 2.75) is 12.6 Å². The molecule has 0 bridgehead atoms. The second-order valence-electron chi connectivity index (χ2n) is 4.95. The summed E-state index contributed by atoms with van der Waals surface area (Å²) in [6.45, 7) is 0.327. The van der Waals surface area contributed by atoms with Crippen LogP contribution in [0.15, 0.2) is 42.5 Å². The molecule has 128 valence electrons. The lowest BCUT2D eigenvalue weighted by atomic mass is 10.1. The zero-order valence-electron chi connectivity index (χ0n) is 12.3. The number of anilines is 1. The Bertz CT molecular complexity index is 718. The molecule has 0 heterocycles. The molecule has 0 fully saturated rings. The van der Waals surface area contributed by atoms with E-state index in [1.165, 1.54) is 6.07 Å². The van der Waals surface area contributed by atoms with E-state index in [9.17, 15) is 18.0 Å². The summed E-state index contributed by atoms with van der Waals surface area (Å²) in [5.74, 6) is 0. The summed E-state index contributed by atoms with van der Waals surface area (Å²) >= 11 is 11.3. The van der Waals surface area contributed by atoms with Gasteiger partial charge >= 0.3 is 12.2 Å². The lowest BCUT2D eigenvalue weighted by Crippen LogP contribution is -2.30. The van der Waals surface area contributed by atoms with E-state index in [1.54, 1.807) is 12.1 Å². The summed E-state index contributed by atoms with van der Waals surface area (Å²) in [4.78, 5) is 11.7. The number of hydrogen-bond donors (Lipinski definition) is 2. The third kappa shape index (κ3) is 5.32. The molecule has 8 heteroatoms. The molecule has 0 saturated carbocycles. The Morgan fingerprint density at radius 3 is 2.33 bits per heavy atom. The third-order valence-corrected chi connectivity index (χ3v) is 3.72. The van der Waals surface area contributed by atoms with Crippen LogP contribution in [0.1, 0.15) is 11.1 Å². The van der Waals surface area contributed by atoms with Crippen LogP contribution >= 0.6 is 23.2 Å². The molecule has 0 radical (unpaired) electrons. The number of benzene rings is 2. The van der Waals surface area contributed by atoms with Gasteiger partial charge in [0.2, 0.25) is 0 Å². The van der Waals surface area contributed by atoms with Gasteiger partial charge in [0.25, 0.3) is 0 Å². The first-order valence-electron chi connectivity index (χ1n) is 6.92. The molecular weight excluding hydrogens is 364 g/mol. The number of carbonyl (C=O) groups excluding carboxylic acids is 1. The van der Waals surface area contributed by atoms with Crippen molar-refractivity contribution in [3.63, 3.8) is 0 Å². The van der Waals surface area contributed by atoms with Crippen LogP contribution in [0, 0.1) is 0 Å². The Hall–Kier alpha value is -1.92. The highest BCUT2D eigenvalue weighted by Gasteiger charge is 2.33. The highest BCUT2D eigenvalue weighted by atomic mass is 35.5. The van der Waals surface area contributed by atoms with Gasteiger partial charge in [0.15, 0.2) is 0 Å². The van der Waals surface area contributed by atoms with E-state index in [4.69, 9.17) is 23.2 Å². The molecule has 0 aliphatic rings. The van der Waals surface area contributed by atoms with Crippen molar-refractivity contribution in [1.82, 2.24) is 5.32 Å². The highest BCUT2D eigenvalue weighted by Crippen LogP contribution is 2.36. The van der Waals surface area contributed by atoms with Crippen molar-refractivity contribution in [1.29, 1.82) is 0 Å². The monoisotopic (exact) mass is 376 g/mol. The van der Waals surface area contributed by atoms with E-state index in [-0.39, 0.29) is 5.69 Å². The topological polar surface area (TPSA) is 41.1 Å². The molecule has 0 unspecified atom stereocenters. The zero-order valence-corrected chi connectivity index (χ0v) is 13.8. The molecule has 0 aromatic heterocycles. The Balaban J connectivity index is 1.89. The van der Waals surface area contributed by atoms with Gasteiger partial charge in [-0.25, -0.2) is 4.79 Å². The number of nitrogens with one attached hydrogen (secondary N) is 2. The minimum atomic E-state index is -4.58. The number of amides is 2. The number of alkyl halides is 3. The molecule has 2 aromatic carbocycles. The van der Waals surface area contributed by atoms with Crippen LogP contribution in [-0.2, 0) is 12.6 Å². The molecule has 0 aliphatic carbocycles. The van der Waals surface area contributed by atoms with Crippen molar-refractivity contribution >= 4 is 34.9 Å². The molecule has 3 nitrogen and oxygen atoms in total. The van der Waals surface area contributed by atoms with Crippen LogP contribution in [-0.4, -0.2) is 12.6 Å². The smallest absolute Gasteiger partial charge is 0.338 e. The highest BCUT2D eigenvalue weighted by molar-refractivity contribution is 6.31. The van der Waals surface area contributed by atoms with Crippen LogP contribution in [0.25, 0.3) is 0 Å². The Kier molecular flexibility index (Phi) is 5.96. The maximum Gasteiger partial charge on any atom is 0.417 e. The Morgan fingerprint density at radius 1 is 1.04 bits per heavy atom. The predicted molar refractivity (Wildman–Crippen MR) is 88.6 cm³/mol.